The molecule has 0 unspecified atom stereocenters. The van der Waals surface area contributed by atoms with Crippen LogP contribution in [0, 0.1) is 16.0 Å². The largest absolute Gasteiger partial charge is 0.311 e. The van der Waals surface area contributed by atoms with Crippen LogP contribution in [0.3, 0.4) is 0 Å². The maximum atomic E-state index is 11.1. The Morgan fingerprint density at radius 2 is 2.05 bits per heavy atom. The lowest BCUT2D eigenvalue weighted by Gasteiger charge is -2.15. The van der Waals surface area contributed by atoms with E-state index < -0.39 is 0 Å². The highest BCUT2D eigenvalue weighted by Gasteiger charge is 2.14. The third kappa shape index (κ3) is 4.94. The highest BCUT2D eigenvalue weighted by molar-refractivity contribution is 6.30. The van der Waals surface area contributed by atoms with Gasteiger partial charge in [0, 0.05) is 23.7 Å². The van der Waals surface area contributed by atoms with Crippen LogP contribution in [-0.2, 0) is 0 Å². The van der Waals surface area contributed by atoms with E-state index in [0.717, 1.165) is 5.57 Å². The molecule has 4 nitrogen and oxygen atoms in total. The van der Waals surface area contributed by atoms with Crippen LogP contribution in [0.4, 0.5) is 5.69 Å². The molecule has 0 aliphatic rings. The van der Waals surface area contributed by atoms with Crippen molar-refractivity contribution in [2.45, 2.75) is 33.7 Å². The molecule has 0 fully saturated rings. The molecule has 1 aromatic carbocycles. The van der Waals surface area contributed by atoms with Crippen molar-refractivity contribution in [2.75, 3.05) is 6.54 Å². The summed E-state index contributed by atoms with van der Waals surface area (Å²) in [5, 5.41) is 14.9. The number of hydrogen-bond acceptors (Lipinski definition) is 3. The SMILES string of the molecule is CC(C)NC/C(=C/c1cc(Cl)ccc1[N+](=O)[O-])C(C)C. The van der Waals surface area contributed by atoms with E-state index in [1.54, 1.807) is 12.1 Å². The zero-order valence-corrected chi connectivity index (χ0v) is 13.1. The molecular formula is C15H21ClN2O2. The lowest BCUT2D eigenvalue weighted by Crippen LogP contribution is -2.26. The van der Waals surface area contributed by atoms with E-state index in [1.165, 1.54) is 6.07 Å². The first-order valence-corrected chi connectivity index (χ1v) is 7.06. The molecule has 0 aliphatic heterocycles. The van der Waals surface area contributed by atoms with Crippen LogP contribution in [0.1, 0.15) is 33.3 Å². The Morgan fingerprint density at radius 3 is 2.55 bits per heavy atom. The standard InChI is InChI=1S/C15H21ClN2O2/c1-10(2)13(9-17-11(3)4)7-12-8-14(16)5-6-15(12)18(19)20/h5-8,10-11,17H,9H2,1-4H3/b13-7-. The topological polar surface area (TPSA) is 55.2 Å². The molecule has 0 aliphatic carbocycles. The van der Waals surface area contributed by atoms with Crippen LogP contribution >= 0.6 is 11.6 Å². The smallest absolute Gasteiger partial charge is 0.276 e. The van der Waals surface area contributed by atoms with E-state index in [1.807, 2.05) is 6.08 Å². The van der Waals surface area contributed by atoms with E-state index >= 15 is 0 Å². The van der Waals surface area contributed by atoms with Crippen molar-refractivity contribution in [1.29, 1.82) is 0 Å². The molecule has 0 amide bonds. The Morgan fingerprint density at radius 1 is 1.40 bits per heavy atom. The van der Waals surface area contributed by atoms with Gasteiger partial charge in [-0.25, -0.2) is 0 Å². The lowest BCUT2D eigenvalue weighted by atomic mass is 9.99. The van der Waals surface area contributed by atoms with Gasteiger partial charge in [-0.2, -0.15) is 0 Å². The summed E-state index contributed by atoms with van der Waals surface area (Å²) in [5.74, 6) is 0.305. The molecule has 0 saturated heterocycles. The molecule has 0 atom stereocenters. The fourth-order valence-electron chi connectivity index (χ4n) is 1.75. The first kappa shape index (κ1) is 16.7. The Kier molecular flexibility index (Phi) is 6.17. The van der Waals surface area contributed by atoms with Gasteiger partial charge in [-0.3, -0.25) is 10.1 Å². The van der Waals surface area contributed by atoms with Crippen molar-refractivity contribution in [3.8, 4) is 0 Å². The van der Waals surface area contributed by atoms with Gasteiger partial charge in [0.2, 0.25) is 0 Å². The van der Waals surface area contributed by atoms with Crippen molar-refractivity contribution in [1.82, 2.24) is 5.32 Å². The summed E-state index contributed by atoms with van der Waals surface area (Å²) < 4.78 is 0. The number of halogens is 1. The number of nitrogens with zero attached hydrogens (tertiary/aromatic N) is 1. The molecule has 1 aromatic rings. The van der Waals surface area contributed by atoms with Crippen molar-refractivity contribution >= 4 is 23.4 Å². The molecule has 5 heteroatoms. The third-order valence-corrected chi connectivity index (χ3v) is 3.22. The molecule has 110 valence electrons. The quantitative estimate of drug-likeness (QED) is 0.629. The summed E-state index contributed by atoms with van der Waals surface area (Å²) in [6, 6.07) is 4.99. The van der Waals surface area contributed by atoms with Crippen LogP contribution in [0.2, 0.25) is 5.02 Å². The number of benzene rings is 1. The number of hydrogen-bond donors (Lipinski definition) is 1. The monoisotopic (exact) mass is 296 g/mol. The normalized spacial score (nSPS) is 12.2. The first-order valence-electron chi connectivity index (χ1n) is 6.69. The average molecular weight is 297 g/mol. The van der Waals surface area contributed by atoms with Gasteiger partial charge in [0.15, 0.2) is 0 Å². The molecule has 0 aromatic heterocycles. The molecule has 0 radical (unpaired) electrons. The second-order valence-electron chi connectivity index (χ2n) is 5.37. The van der Waals surface area contributed by atoms with Crippen molar-refractivity contribution in [2.24, 2.45) is 5.92 Å². The van der Waals surface area contributed by atoms with Gasteiger partial charge in [0.25, 0.3) is 5.69 Å². The second-order valence-corrected chi connectivity index (χ2v) is 5.81. The van der Waals surface area contributed by atoms with Gasteiger partial charge in [0.05, 0.1) is 10.5 Å². The zero-order valence-electron chi connectivity index (χ0n) is 12.3. The summed E-state index contributed by atoms with van der Waals surface area (Å²) in [6.45, 7) is 8.99. The molecule has 0 bridgehead atoms. The van der Waals surface area contributed by atoms with Gasteiger partial charge < -0.3 is 5.32 Å². The third-order valence-electron chi connectivity index (χ3n) is 2.98. The van der Waals surface area contributed by atoms with Crippen molar-refractivity contribution in [3.63, 3.8) is 0 Å². The zero-order chi connectivity index (χ0) is 15.3. The minimum Gasteiger partial charge on any atom is -0.311 e. The lowest BCUT2D eigenvalue weighted by molar-refractivity contribution is -0.385. The number of nitrogens with one attached hydrogen (secondary N) is 1. The van der Waals surface area contributed by atoms with Gasteiger partial charge >= 0.3 is 0 Å². The minimum absolute atomic E-state index is 0.0806. The van der Waals surface area contributed by atoms with Gasteiger partial charge in [-0.05, 0) is 24.1 Å². The molecule has 0 spiro atoms. The van der Waals surface area contributed by atoms with Crippen molar-refractivity contribution in [3.05, 3.63) is 44.5 Å². The Hall–Kier alpha value is -1.39. The second kappa shape index (κ2) is 7.41. The van der Waals surface area contributed by atoms with Crippen LogP contribution in [0.5, 0.6) is 0 Å². The first-order chi connectivity index (χ1) is 9.31. The molecular weight excluding hydrogens is 276 g/mol. The van der Waals surface area contributed by atoms with Gasteiger partial charge in [0.1, 0.15) is 0 Å². The predicted octanol–water partition coefficient (Wildman–Crippen LogP) is 4.29. The van der Waals surface area contributed by atoms with Gasteiger partial charge in [-0.15, -0.1) is 0 Å². The average Bonchev–Trinajstić information content (AvgIpc) is 2.33. The van der Waals surface area contributed by atoms with E-state index in [-0.39, 0.29) is 10.6 Å². The Bertz CT molecular complexity index is 511. The number of nitro benzene ring substituents is 1. The van der Waals surface area contributed by atoms with E-state index in [0.29, 0.717) is 29.1 Å². The number of nitro groups is 1. The summed E-state index contributed by atoms with van der Waals surface area (Å²) in [6.07, 6.45) is 1.87. The predicted molar refractivity (Wildman–Crippen MR) is 84.1 cm³/mol. The summed E-state index contributed by atoms with van der Waals surface area (Å²) >= 11 is 5.94. The molecule has 1 rings (SSSR count). The van der Waals surface area contributed by atoms with E-state index in [4.69, 9.17) is 11.6 Å². The highest BCUT2D eigenvalue weighted by atomic mass is 35.5. The molecule has 0 heterocycles. The van der Waals surface area contributed by atoms with Crippen LogP contribution in [-0.4, -0.2) is 17.5 Å². The van der Waals surface area contributed by atoms with Gasteiger partial charge in [-0.1, -0.05) is 44.9 Å². The van der Waals surface area contributed by atoms with Crippen LogP contribution < -0.4 is 5.32 Å². The molecule has 20 heavy (non-hydrogen) atoms. The summed E-state index contributed by atoms with van der Waals surface area (Å²) in [7, 11) is 0. The maximum absolute atomic E-state index is 11.1. The maximum Gasteiger partial charge on any atom is 0.276 e. The molecule has 1 N–H and O–H groups in total. The van der Waals surface area contributed by atoms with Crippen LogP contribution in [0.25, 0.3) is 6.08 Å². The fraction of sp³-hybridized carbons (Fsp3) is 0.467. The Labute approximate surface area is 125 Å². The Balaban J connectivity index is 3.15. The molecule has 0 saturated carbocycles. The summed E-state index contributed by atoms with van der Waals surface area (Å²) in [4.78, 5) is 10.7. The summed E-state index contributed by atoms with van der Waals surface area (Å²) in [5.41, 5.74) is 1.75. The number of rotatable bonds is 6. The van der Waals surface area contributed by atoms with Crippen LogP contribution in [0.15, 0.2) is 23.8 Å². The fourth-order valence-corrected chi connectivity index (χ4v) is 1.93. The van der Waals surface area contributed by atoms with E-state index in [9.17, 15) is 10.1 Å². The minimum atomic E-state index is -0.379. The van der Waals surface area contributed by atoms with E-state index in [2.05, 4.69) is 33.0 Å². The highest BCUT2D eigenvalue weighted by Crippen LogP contribution is 2.26. The van der Waals surface area contributed by atoms with Crippen molar-refractivity contribution < 1.29 is 4.92 Å².